The van der Waals surface area contributed by atoms with Gasteiger partial charge < -0.3 is 10.2 Å². The van der Waals surface area contributed by atoms with Gasteiger partial charge in [0.05, 0.1) is 11.8 Å². The Balaban J connectivity index is 1.75. The summed E-state index contributed by atoms with van der Waals surface area (Å²) in [7, 11) is 0. The molecule has 1 aromatic rings. The molecule has 1 N–H and O–H groups in total. The van der Waals surface area contributed by atoms with E-state index in [0.29, 0.717) is 24.3 Å². The van der Waals surface area contributed by atoms with Gasteiger partial charge in [-0.05, 0) is 50.8 Å². The van der Waals surface area contributed by atoms with Crippen LogP contribution >= 0.6 is 11.6 Å². The Morgan fingerprint density at radius 1 is 1.09 bits per heavy atom. The van der Waals surface area contributed by atoms with Crippen molar-refractivity contribution in [3.63, 3.8) is 0 Å². The zero-order valence-corrected chi connectivity index (χ0v) is 20.2. The maximum atomic E-state index is 13.3. The highest BCUT2D eigenvalue weighted by molar-refractivity contribution is 6.30. The van der Waals surface area contributed by atoms with Crippen molar-refractivity contribution < 1.29 is 19.2 Å². The van der Waals surface area contributed by atoms with Gasteiger partial charge in [0.15, 0.2) is 0 Å². The summed E-state index contributed by atoms with van der Waals surface area (Å²) in [6.45, 7) is 5.86. The highest BCUT2D eigenvalue weighted by Gasteiger charge is 2.47. The van der Waals surface area contributed by atoms with Gasteiger partial charge in [0.1, 0.15) is 6.04 Å². The summed E-state index contributed by atoms with van der Waals surface area (Å²) in [6.07, 6.45) is 5.42. The van der Waals surface area contributed by atoms with E-state index >= 15 is 0 Å². The first-order valence-electron chi connectivity index (χ1n) is 11.6. The number of amides is 4. The molecule has 7 nitrogen and oxygen atoms in total. The monoisotopic (exact) mass is 473 g/mol. The third-order valence-electron chi connectivity index (χ3n) is 6.23. The number of nitrogens with one attached hydrogen (secondary N) is 1. The van der Waals surface area contributed by atoms with Gasteiger partial charge in [-0.3, -0.25) is 24.1 Å². The van der Waals surface area contributed by atoms with Gasteiger partial charge >= 0.3 is 0 Å². The lowest BCUT2D eigenvalue weighted by Gasteiger charge is -2.31. The fourth-order valence-corrected chi connectivity index (χ4v) is 4.65. The summed E-state index contributed by atoms with van der Waals surface area (Å²) < 4.78 is 0. The zero-order valence-electron chi connectivity index (χ0n) is 19.4. The lowest BCUT2D eigenvalue weighted by atomic mass is 9.85. The van der Waals surface area contributed by atoms with E-state index in [1.54, 1.807) is 17.0 Å². The van der Waals surface area contributed by atoms with Crippen molar-refractivity contribution >= 4 is 35.2 Å². The summed E-state index contributed by atoms with van der Waals surface area (Å²) in [5.74, 6) is -1.53. The lowest BCUT2D eigenvalue weighted by molar-refractivity contribution is -0.144. The van der Waals surface area contributed by atoms with Crippen LogP contribution in [0.4, 0.5) is 0 Å². The molecule has 3 atom stereocenters. The summed E-state index contributed by atoms with van der Waals surface area (Å²) in [5.41, 5.74) is 0.842. The van der Waals surface area contributed by atoms with E-state index in [4.69, 9.17) is 11.6 Å². The van der Waals surface area contributed by atoms with Gasteiger partial charge in [0.2, 0.25) is 23.6 Å². The zero-order chi connectivity index (χ0) is 24.1. The molecule has 4 amide bonds. The molecule has 1 heterocycles. The largest absolute Gasteiger partial charge is 0.352 e. The van der Waals surface area contributed by atoms with E-state index in [9.17, 15) is 19.2 Å². The number of benzene rings is 1. The van der Waals surface area contributed by atoms with Crippen molar-refractivity contribution in [2.24, 2.45) is 11.8 Å². The van der Waals surface area contributed by atoms with Crippen molar-refractivity contribution in [2.75, 3.05) is 6.54 Å². The van der Waals surface area contributed by atoms with E-state index in [1.165, 1.54) is 4.90 Å². The number of rotatable bonds is 9. The van der Waals surface area contributed by atoms with Crippen LogP contribution in [0.25, 0.3) is 0 Å². The van der Waals surface area contributed by atoms with Gasteiger partial charge in [0.25, 0.3) is 0 Å². The molecule has 178 valence electrons. The molecule has 1 aromatic carbocycles. The highest BCUT2D eigenvalue weighted by atomic mass is 35.5. The van der Waals surface area contributed by atoms with E-state index in [1.807, 2.05) is 45.1 Å². The molecule has 0 unspecified atom stereocenters. The maximum absolute atomic E-state index is 13.3. The van der Waals surface area contributed by atoms with E-state index in [-0.39, 0.29) is 61.0 Å². The topological polar surface area (TPSA) is 86.8 Å². The number of halogens is 1. The number of carbonyl (C=O) groups is 4. The fraction of sp³-hybridized carbons (Fsp3) is 0.520. The normalized spacial score (nSPS) is 20.7. The molecule has 33 heavy (non-hydrogen) atoms. The number of fused-ring (bicyclic) bond motifs is 1. The minimum absolute atomic E-state index is 0.0244. The molecule has 0 spiro atoms. The first-order chi connectivity index (χ1) is 15.7. The van der Waals surface area contributed by atoms with Crippen LogP contribution in [0.3, 0.4) is 0 Å². The summed E-state index contributed by atoms with van der Waals surface area (Å²) >= 11 is 5.99. The second kappa shape index (κ2) is 11.0. The summed E-state index contributed by atoms with van der Waals surface area (Å²) in [5, 5.41) is 3.48. The van der Waals surface area contributed by atoms with E-state index in [2.05, 4.69) is 5.32 Å². The maximum Gasteiger partial charge on any atom is 0.243 e. The molecule has 0 radical (unpaired) electrons. The molecule has 1 saturated heterocycles. The molecule has 8 heteroatoms. The van der Waals surface area contributed by atoms with Gasteiger partial charge in [0, 0.05) is 30.6 Å². The van der Waals surface area contributed by atoms with Crippen molar-refractivity contribution in [1.82, 2.24) is 15.1 Å². The second-order valence-corrected chi connectivity index (χ2v) is 9.41. The quantitative estimate of drug-likeness (QED) is 0.440. The van der Waals surface area contributed by atoms with Gasteiger partial charge in [-0.1, -0.05) is 42.8 Å². The predicted octanol–water partition coefficient (Wildman–Crippen LogP) is 3.31. The Morgan fingerprint density at radius 3 is 2.18 bits per heavy atom. The van der Waals surface area contributed by atoms with Gasteiger partial charge in [-0.25, -0.2) is 0 Å². The average Bonchev–Trinajstić information content (AvgIpc) is 3.02. The predicted molar refractivity (Wildman–Crippen MR) is 126 cm³/mol. The van der Waals surface area contributed by atoms with Gasteiger partial charge in [-0.2, -0.15) is 0 Å². The van der Waals surface area contributed by atoms with Crippen LogP contribution in [0.2, 0.25) is 5.02 Å². The van der Waals surface area contributed by atoms with Crippen LogP contribution in [-0.4, -0.2) is 52.1 Å². The molecule has 1 aliphatic heterocycles. The molecule has 0 bridgehead atoms. The molecular formula is C25H32ClN3O4. The number of likely N-dealkylation sites (tertiary alicyclic amines) is 1. The Morgan fingerprint density at radius 2 is 1.67 bits per heavy atom. The van der Waals surface area contributed by atoms with Crippen LogP contribution < -0.4 is 5.32 Å². The molecular weight excluding hydrogens is 442 g/mol. The second-order valence-electron chi connectivity index (χ2n) is 8.97. The minimum atomic E-state index is -0.660. The molecule has 0 saturated carbocycles. The first-order valence-corrected chi connectivity index (χ1v) is 11.9. The van der Waals surface area contributed by atoms with Crippen molar-refractivity contribution in [3.05, 3.63) is 47.0 Å². The fourth-order valence-electron chi connectivity index (χ4n) is 4.53. The Bertz CT molecular complexity index is 902. The Hall–Kier alpha value is -2.67. The smallest absolute Gasteiger partial charge is 0.243 e. The number of imide groups is 1. The first kappa shape index (κ1) is 25.0. The molecule has 2 aliphatic rings. The van der Waals surface area contributed by atoms with E-state index < -0.39 is 6.04 Å². The minimum Gasteiger partial charge on any atom is -0.352 e. The molecule has 1 fully saturated rings. The lowest BCUT2D eigenvalue weighted by Crippen LogP contribution is -2.51. The van der Waals surface area contributed by atoms with Crippen LogP contribution in [0.1, 0.15) is 52.0 Å². The summed E-state index contributed by atoms with van der Waals surface area (Å²) in [6, 6.07) is 6.41. The summed E-state index contributed by atoms with van der Waals surface area (Å²) in [4.78, 5) is 54.5. The number of carbonyl (C=O) groups excluding carboxylic acids is 4. The number of hydrogen-bond donors (Lipinski definition) is 1. The number of hydrogen-bond acceptors (Lipinski definition) is 4. The number of allylic oxidation sites excluding steroid dienone is 2. The molecule has 0 aromatic heterocycles. The standard InChI is InChI=1S/C25H32ClN3O4/c1-4-21(23(31)27-16(2)3)29(15-17-9-11-18(26)12-10-17)22(30)13-14-28-24(32)19-7-5-6-8-20(19)25(28)33/h5-6,9-12,16,19-21H,4,7-8,13-15H2,1-3H3,(H,27,31)/t19-,20+,21-/m1/s1. The van der Waals surface area contributed by atoms with Crippen LogP contribution in [0.5, 0.6) is 0 Å². The van der Waals surface area contributed by atoms with Gasteiger partial charge in [-0.15, -0.1) is 0 Å². The van der Waals surface area contributed by atoms with Crippen molar-refractivity contribution in [1.29, 1.82) is 0 Å². The van der Waals surface area contributed by atoms with Crippen molar-refractivity contribution in [2.45, 2.75) is 65.1 Å². The van der Waals surface area contributed by atoms with Crippen LogP contribution in [-0.2, 0) is 25.7 Å². The molecule has 1 aliphatic carbocycles. The number of nitrogens with zero attached hydrogens (tertiary/aromatic N) is 2. The third kappa shape index (κ3) is 5.82. The highest BCUT2D eigenvalue weighted by Crippen LogP contribution is 2.35. The third-order valence-corrected chi connectivity index (χ3v) is 6.48. The molecule has 3 rings (SSSR count). The average molecular weight is 474 g/mol. The van der Waals surface area contributed by atoms with E-state index in [0.717, 1.165) is 5.56 Å². The SMILES string of the molecule is CC[C@H](C(=O)NC(C)C)N(Cc1ccc(Cl)cc1)C(=O)CCN1C(=O)[C@H]2CC=CC[C@H]2C1=O. The Kier molecular flexibility index (Phi) is 8.30. The van der Waals surface area contributed by atoms with Crippen LogP contribution in [0, 0.1) is 11.8 Å². The van der Waals surface area contributed by atoms with Crippen LogP contribution in [0.15, 0.2) is 36.4 Å². The Labute approximate surface area is 200 Å². The van der Waals surface area contributed by atoms with Crippen molar-refractivity contribution in [3.8, 4) is 0 Å².